The van der Waals surface area contributed by atoms with Gasteiger partial charge in [-0.1, -0.05) is 19.9 Å². The minimum absolute atomic E-state index is 0.00510. The van der Waals surface area contributed by atoms with Crippen LogP contribution in [0.15, 0.2) is 18.2 Å². The zero-order valence-corrected chi connectivity index (χ0v) is 11.3. The molecule has 5 heteroatoms. The summed E-state index contributed by atoms with van der Waals surface area (Å²) in [6.07, 6.45) is 1.53. The van der Waals surface area contributed by atoms with Crippen LogP contribution in [0.1, 0.15) is 26.7 Å². The highest BCUT2D eigenvalue weighted by atomic mass is 19.1. The Kier molecular flexibility index (Phi) is 4.35. The van der Waals surface area contributed by atoms with E-state index < -0.39 is 5.95 Å². The lowest BCUT2D eigenvalue weighted by atomic mass is 10.1. The Bertz CT molecular complexity index is 443. The van der Waals surface area contributed by atoms with Crippen molar-refractivity contribution in [2.24, 2.45) is 5.92 Å². The van der Waals surface area contributed by atoms with Gasteiger partial charge in [0.15, 0.2) is 0 Å². The molecule has 2 heterocycles. The molecule has 19 heavy (non-hydrogen) atoms. The molecule has 1 aliphatic heterocycles. The van der Waals surface area contributed by atoms with Gasteiger partial charge in [-0.25, -0.2) is 0 Å². The summed E-state index contributed by atoms with van der Waals surface area (Å²) in [5.41, 5.74) is 0. The summed E-state index contributed by atoms with van der Waals surface area (Å²) in [5.74, 6) is -0.0109. The molecule has 4 nitrogen and oxygen atoms in total. The van der Waals surface area contributed by atoms with Gasteiger partial charge in [0.1, 0.15) is 6.10 Å². The number of likely N-dealkylation sites (tertiary alicyclic amines) is 1. The SMILES string of the molecule is CC(C)C(=O)N1CCC(Oc2cccc(F)n2)CC1. The minimum atomic E-state index is -0.537. The van der Waals surface area contributed by atoms with E-state index in [2.05, 4.69) is 4.98 Å². The first-order chi connectivity index (χ1) is 9.06. The Labute approximate surface area is 112 Å². The van der Waals surface area contributed by atoms with Crippen molar-refractivity contribution in [2.45, 2.75) is 32.8 Å². The zero-order chi connectivity index (χ0) is 13.8. The molecule has 0 bridgehead atoms. The van der Waals surface area contributed by atoms with Gasteiger partial charge in [0, 0.05) is 37.9 Å². The van der Waals surface area contributed by atoms with Crippen LogP contribution in [-0.2, 0) is 4.79 Å². The highest BCUT2D eigenvalue weighted by molar-refractivity contribution is 5.78. The number of carbonyl (C=O) groups is 1. The Morgan fingerprint density at radius 3 is 2.68 bits per heavy atom. The predicted molar refractivity (Wildman–Crippen MR) is 69.3 cm³/mol. The second-order valence-corrected chi connectivity index (χ2v) is 5.10. The number of ether oxygens (including phenoxy) is 1. The van der Waals surface area contributed by atoms with Crippen molar-refractivity contribution >= 4 is 5.91 Å². The molecular formula is C14H19FN2O2. The smallest absolute Gasteiger partial charge is 0.225 e. The van der Waals surface area contributed by atoms with Crippen molar-refractivity contribution in [3.8, 4) is 5.88 Å². The van der Waals surface area contributed by atoms with Crippen molar-refractivity contribution in [2.75, 3.05) is 13.1 Å². The van der Waals surface area contributed by atoms with Crippen LogP contribution in [0.25, 0.3) is 0 Å². The van der Waals surface area contributed by atoms with E-state index >= 15 is 0 Å². The van der Waals surface area contributed by atoms with Gasteiger partial charge < -0.3 is 9.64 Å². The summed E-state index contributed by atoms with van der Waals surface area (Å²) >= 11 is 0. The average molecular weight is 266 g/mol. The molecule has 1 aliphatic rings. The molecule has 0 aromatic carbocycles. The Balaban J connectivity index is 1.85. The van der Waals surface area contributed by atoms with Crippen LogP contribution in [0.4, 0.5) is 4.39 Å². The van der Waals surface area contributed by atoms with Crippen molar-refractivity contribution in [3.05, 3.63) is 24.1 Å². The van der Waals surface area contributed by atoms with Crippen LogP contribution in [0, 0.1) is 11.9 Å². The van der Waals surface area contributed by atoms with Gasteiger partial charge in [-0.05, 0) is 6.07 Å². The van der Waals surface area contributed by atoms with Gasteiger partial charge in [0.05, 0.1) is 0 Å². The van der Waals surface area contributed by atoms with E-state index in [4.69, 9.17) is 4.74 Å². The third kappa shape index (κ3) is 3.66. The molecular weight excluding hydrogens is 247 g/mol. The summed E-state index contributed by atoms with van der Waals surface area (Å²) < 4.78 is 18.6. The van der Waals surface area contributed by atoms with E-state index in [-0.39, 0.29) is 17.9 Å². The summed E-state index contributed by atoms with van der Waals surface area (Å²) in [6, 6.07) is 4.51. The molecule has 0 N–H and O–H groups in total. The molecule has 0 radical (unpaired) electrons. The van der Waals surface area contributed by atoms with Crippen LogP contribution < -0.4 is 4.74 Å². The van der Waals surface area contributed by atoms with Gasteiger partial charge in [-0.2, -0.15) is 9.37 Å². The van der Waals surface area contributed by atoms with Crippen LogP contribution in [0.5, 0.6) is 5.88 Å². The minimum Gasteiger partial charge on any atom is -0.474 e. The van der Waals surface area contributed by atoms with Crippen molar-refractivity contribution in [1.82, 2.24) is 9.88 Å². The Morgan fingerprint density at radius 2 is 2.11 bits per heavy atom. The van der Waals surface area contributed by atoms with E-state index in [9.17, 15) is 9.18 Å². The fourth-order valence-electron chi connectivity index (χ4n) is 2.19. The Morgan fingerprint density at radius 1 is 1.42 bits per heavy atom. The van der Waals surface area contributed by atoms with Crippen LogP contribution in [0.3, 0.4) is 0 Å². The standard InChI is InChI=1S/C14H19FN2O2/c1-10(2)14(18)17-8-6-11(7-9-17)19-13-5-3-4-12(15)16-13/h3-5,10-11H,6-9H2,1-2H3. The van der Waals surface area contributed by atoms with E-state index in [0.29, 0.717) is 19.0 Å². The van der Waals surface area contributed by atoms with Gasteiger partial charge in [-0.3, -0.25) is 4.79 Å². The van der Waals surface area contributed by atoms with E-state index in [0.717, 1.165) is 12.8 Å². The number of rotatable bonds is 3. The molecule has 1 aromatic rings. The molecule has 104 valence electrons. The lowest BCUT2D eigenvalue weighted by molar-refractivity contribution is -0.136. The first kappa shape index (κ1) is 13.8. The third-order valence-corrected chi connectivity index (χ3v) is 3.22. The largest absolute Gasteiger partial charge is 0.474 e. The monoisotopic (exact) mass is 266 g/mol. The van der Waals surface area contributed by atoms with E-state index in [1.54, 1.807) is 12.1 Å². The molecule has 0 atom stereocenters. The number of halogens is 1. The van der Waals surface area contributed by atoms with Gasteiger partial charge >= 0.3 is 0 Å². The topological polar surface area (TPSA) is 42.4 Å². The number of aromatic nitrogens is 1. The number of hydrogen-bond donors (Lipinski definition) is 0. The molecule has 1 aromatic heterocycles. The van der Waals surface area contributed by atoms with Crippen molar-refractivity contribution < 1.29 is 13.9 Å². The maximum Gasteiger partial charge on any atom is 0.225 e. The number of hydrogen-bond acceptors (Lipinski definition) is 3. The predicted octanol–water partition coefficient (Wildman–Crippen LogP) is 2.25. The second kappa shape index (κ2) is 5.99. The van der Waals surface area contributed by atoms with Crippen LogP contribution in [0.2, 0.25) is 0 Å². The Hall–Kier alpha value is -1.65. The molecule has 1 fully saturated rings. The maximum absolute atomic E-state index is 12.9. The van der Waals surface area contributed by atoms with Crippen molar-refractivity contribution in [1.29, 1.82) is 0 Å². The summed E-state index contributed by atoms with van der Waals surface area (Å²) in [6.45, 7) is 5.19. The van der Waals surface area contributed by atoms with Gasteiger partial charge in [-0.15, -0.1) is 0 Å². The molecule has 0 saturated carbocycles. The van der Waals surface area contributed by atoms with Gasteiger partial charge in [0.25, 0.3) is 0 Å². The summed E-state index contributed by atoms with van der Waals surface area (Å²) in [4.78, 5) is 17.4. The summed E-state index contributed by atoms with van der Waals surface area (Å²) in [5, 5.41) is 0. The number of nitrogens with zero attached hydrogens (tertiary/aromatic N) is 2. The fraction of sp³-hybridized carbons (Fsp3) is 0.571. The van der Waals surface area contributed by atoms with Crippen LogP contribution in [-0.4, -0.2) is 35.0 Å². The normalized spacial score (nSPS) is 16.7. The number of amides is 1. The highest BCUT2D eigenvalue weighted by Gasteiger charge is 2.25. The number of pyridine rings is 1. The average Bonchev–Trinajstić information content (AvgIpc) is 2.39. The molecule has 0 unspecified atom stereocenters. The maximum atomic E-state index is 12.9. The van der Waals surface area contributed by atoms with E-state index in [1.165, 1.54) is 6.07 Å². The molecule has 0 spiro atoms. The fourth-order valence-corrected chi connectivity index (χ4v) is 2.19. The van der Waals surface area contributed by atoms with E-state index in [1.807, 2.05) is 18.7 Å². The zero-order valence-electron chi connectivity index (χ0n) is 11.3. The summed E-state index contributed by atoms with van der Waals surface area (Å²) in [7, 11) is 0. The molecule has 0 aliphatic carbocycles. The first-order valence-corrected chi connectivity index (χ1v) is 6.64. The number of carbonyl (C=O) groups excluding carboxylic acids is 1. The highest BCUT2D eigenvalue weighted by Crippen LogP contribution is 2.18. The molecule has 1 saturated heterocycles. The lowest BCUT2D eigenvalue weighted by Gasteiger charge is -2.32. The van der Waals surface area contributed by atoms with Crippen molar-refractivity contribution in [3.63, 3.8) is 0 Å². The quantitative estimate of drug-likeness (QED) is 0.788. The van der Waals surface area contributed by atoms with Crippen LogP contribution >= 0.6 is 0 Å². The number of piperidine rings is 1. The second-order valence-electron chi connectivity index (χ2n) is 5.10. The third-order valence-electron chi connectivity index (χ3n) is 3.22. The molecule has 2 rings (SSSR count). The first-order valence-electron chi connectivity index (χ1n) is 6.64. The molecule has 1 amide bonds. The van der Waals surface area contributed by atoms with Gasteiger partial charge in [0.2, 0.25) is 17.7 Å². The lowest BCUT2D eigenvalue weighted by Crippen LogP contribution is -2.43.